The molecule has 2 heterocycles. The normalized spacial score (nSPS) is 11.4. The fourth-order valence-electron chi connectivity index (χ4n) is 5.07. The molecule has 41 heavy (non-hydrogen) atoms. The number of hydrogen-bond donors (Lipinski definition) is 1. The first kappa shape index (κ1) is 26.2. The third kappa shape index (κ3) is 4.71. The maximum atomic E-state index is 13.4. The van der Waals surface area contributed by atoms with Crippen molar-refractivity contribution in [3.63, 3.8) is 0 Å². The molecule has 0 saturated carbocycles. The molecule has 0 bridgehead atoms. The van der Waals surface area contributed by atoms with Gasteiger partial charge >= 0.3 is 5.69 Å². The van der Waals surface area contributed by atoms with Crippen LogP contribution in [0.4, 0.5) is 17.2 Å². The van der Waals surface area contributed by atoms with Gasteiger partial charge in [0, 0.05) is 41.8 Å². The predicted molar refractivity (Wildman–Crippen MR) is 169 cm³/mol. The fourth-order valence-corrected chi connectivity index (χ4v) is 8.54. The van der Waals surface area contributed by atoms with Gasteiger partial charge < -0.3 is 5.32 Å². The molecule has 0 unspecified atom stereocenters. The highest BCUT2D eigenvalue weighted by atomic mass is 31.2. The molecule has 0 amide bonds. The molecule has 6 rings (SSSR count). The number of anilines is 2. The van der Waals surface area contributed by atoms with Crippen LogP contribution in [0.15, 0.2) is 142 Å². The smallest absolute Gasteiger partial charge is 0.332 e. The Morgan fingerprint density at radius 2 is 1.12 bits per heavy atom. The summed E-state index contributed by atoms with van der Waals surface area (Å²) in [5.41, 5.74) is 0.731. The van der Waals surface area contributed by atoms with Gasteiger partial charge in [-0.25, -0.2) is 14.5 Å². The summed E-state index contributed by atoms with van der Waals surface area (Å²) in [6, 6.07) is 42.2. The number of rotatable bonds is 6. The molecular formula is C33H28N5O2P. The molecule has 2 aromatic heterocycles. The second kappa shape index (κ2) is 10.9. The molecule has 0 spiro atoms. The summed E-state index contributed by atoms with van der Waals surface area (Å²) in [4.78, 5) is 31.3. The van der Waals surface area contributed by atoms with E-state index in [0.29, 0.717) is 16.9 Å². The average molecular weight is 558 g/mol. The summed E-state index contributed by atoms with van der Waals surface area (Å²) in [5, 5.41) is 6.90. The van der Waals surface area contributed by atoms with Gasteiger partial charge in [0.1, 0.15) is 5.39 Å². The van der Waals surface area contributed by atoms with E-state index in [2.05, 4.69) is 41.7 Å². The first-order chi connectivity index (χ1) is 20.0. The molecule has 1 N–H and O–H groups in total. The van der Waals surface area contributed by atoms with Gasteiger partial charge in [0.25, 0.3) is 5.56 Å². The van der Waals surface area contributed by atoms with Gasteiger partial charge in [0.15, 0.2) is 11.5 Å². The summed E-state index contributed by atoms with van der Waals surface area (Å²) in [6.07, 6.45) is 0. The van der Waals surface area contributed by atoms with Crippen molar-refractivity contribution >= 4 is 51.2 Å². The van der Waals surface area contributed by atoms with Gasteiger partial charge in [-0.3, -0.25) is 13.9 Å². The number of nitrogens with zero attached hydrogens (tertiary/aromatic N) is 4. The van der Waals surface area contributed by atoms with Crippen LogP contribution in [0.2, 0.25) is 0 Å². The van der Waals surface area contributed by atoms with Crippen LogP contribution in [-0.4, -0.2) is 14.1 Å². The van der Waals surface area contributed by atoms with E-state index in [4.69, 9.17) is 9.73 Å². The van der Waals surface area contributed by atoms with Gasteiger partial charge in [-0.15, -0.1) is 0 Å². The van der Waals surface area contributed by atoms with Crippen LogP contribution < -0.4 is 32.5 Å². The molecule has 0 atom stereocenters. The van der Waals surface area contributed by atoms with Crippen molar-refractivity contribution in [3.8, 4) is 0 Å². The second-order valence-corrected chi connectivity index (χ2v) is 12.7. The van der Waals surface area contributed by atoms with E-state index in [1.165, 1.54) is 11.6 Å². The fraction of sp³-hybridized carbons (Fsp3) is 0.0606. The maximum Gasteiger partial charge on any atom is 0.332 e. The highest BCUT2D eigenvalue weighted by Crippen LogP contribution is 2.49. The van der Waals surface area contributed by atoms with Crippen LogP contribution in [0.3, 0.4) is 0 Å². The number of aryl methyl sites for hydroxylation is 1. The van der Waals surface area contributed by atoms with E-state index < -0.39 is 18.3 Å². The zero-order chi connectivity index (χ0) is 28.4. The monoisotopic (exact) mass is 557 g/mol. The Balaban J connectivity index is 1.76. The van der Waals surface area contributed by atoms with E-state index >= 15 is 0 Å². The Kier molecular flexibility index (Phi) is 6.96. The lowest BCUT2D eigenvalue weighted by Gasteiger charge is -2.27. The van der Waals surface area contributed by atoms with Crippen molar-refractivity contribution in [1.29, 1.82) is 0 Å². The zero-order valence-electron chi connectivity index (χ0n) is 22.7. The minimum absolute atomic E-state index is 0.269. The topological polar surface area (TPSA) is 81.3 Å². The van der Waals surface area contributed by atoms with Gasteiger partial charge in [0.2, 0.25) is 0 Å². The van der Waals surface area contributed by atoms with Crippen molar-refractivity contribution in [2.75, 3.05) is 5.32 Å². The van der Waals surface area contributed by atoms with E-state index in [-0.39, 0.29) is 5.65 Å². The number of fused-ring (bicyclic) bond motifs is 1. The van der Waals surface area contributed by atoms with E-state index in [0.717, 1.165) is 26.2 Å². The third-order valence-corrected chi connectivity index (χ3v) is 10.7. The number of hydrogen-bond acceptors (Lipinski definition) is 5. The zero-order valence-corrected chi connectivity index (χ0v) is 23.6. The molecule has 202 valence electrons. The van der Waals surface area contributed by atoms with Crippen molar-refractivity contribution < 1.29 is 0 Å². The molecule has 0 fully saturated rings. The summed E-state index contributed by atoms with van der Waals surface area (Å²) >= 11 is 0. The lowest BCUT2D eigenvalue weighted by molar-refractivity contribution is 0.708. The number of nitrogens with one attached hydrogen (secondary N) is 1. The largest absolute Gasteiger partial charge is 0.355 e. The SMILES string of the molecule is Cn1c(=O)c2c(Nc3ccccc3)cc(N=P(c3ccccc3)(c3ccccc3)c3ccccc3)nc2n(C)c1=O. The van der Waals surface area contributed by atoms with E-state index in [9.17, 15) is 9.59 Å². The van der Waals surface area contributed by atoms with Gasteiger partial charge in [-0.2, -0.15) is 0 Å². The van der Waals surface area contributed by atoms with Gasteiger partial charge in [-0.05, 0) is 12.1 Å². The summed E-state index contributed by atoms with van der Waals surface area (Å²) in [6.45, 7) is 0. The first-order valence-electron chi connectivity index (χ1n) is 13.2. The van der Waals surface area contributed by atoms with Gasteiger partial charge in [-0.1, -0.05) is 109 Å². The number of pyridine rings is 1. The Labute approximate surface area is 237 Å². The number of benzene rings is 4. The lowest BCUT2D eigenvalue weighted by atomic mass is 10.2. The Morgan fingerprint density at radius 3 is 1.61 bits per heavy atom. The molecule has 0 saturated heterocycles. The van der Waals surface area contributed by atoms with Crippen LogP contribution >= 0.6 is 7.05 Å². The Morgan fingerprint density at radius 1 is 0.659 bits per heavy atom. The van der Waals surface area contributed by atoms with Gasteiger partial charge in [0.05, 0.1) is 12.7 Å². The predicted octanol–water partition coefficient (Wildman–Crippen LogP) is 5.19. The maximum absolute atomic E-state index is 13.4. The first-order valence-corrected chi connectivity index (χ1v) is 15.0. The number of para-hydroxylation sites is 1. The lowest BCUT2D eigenvalue weighted by Crippen LogP contribution is -2.37. The molecule has 0 aliphatic carbocycles. The quantitative estimate of drug-likeness (QED) is 0.286. The van der Waals surface area contributed by atoms with Crippen LogP contribution in [0.1, 0.15) is 0 Å². The molecule has 8 heteroatoms. The minimum Gasteiger partial charge on any atom is -0.355 e. The van der Waals surface area contributed by atoms with Crippen LogP contribution in [0.5, 0.6) is 0 Å². The van der Waals surface area contributed by atoms with Crippen LogP contribution in [-0.2, 0) is 14.1 Å². The molecule has 6 aromatic rings. The standard InChI is InChI=1S/C33H28N5O2P/c1-37-31-30(32(39)38(2)33(37)40)28(34-24-15-7-3-8-16-24)23-29(35-31)36-41(25-17-9-4-10-18-25,26-19-11-5-12-20-26)27-21-13-6-14-22-27/h3-23H,1-2H3,(H,34,35). The third-order valence-electron chi connectivity index (χ3n) is 7.09. The molecule has 7 nitrogen and oxygen atoms in total. The molecule has 0 aliphatic heterocycles. The van der Waals surface area contributed by atoms with E-state index in [1.807, 2.05) is 91.0 Å². The molecule has 4 aromatic carbocycles. The molecular weight excluding hydrogens is 529 g/mol. The average Bonchev–Trinajstić information content (AvgIpc) is 3.03. The minimum atomic E-state index is -2.64. The summed E-state index contributed by atoms with van der Waals surface area (Å²) < 4.78 is 8.02. The van der Waals surface area contributed by atoms with Crippen molar-refractivity contribution in [2.45, 2.75) is 0 Å². The Bertz CT molecular complexity index is 1920. The van der Waals surface area contributed by atoms with Crippen molar-refractivity contribution in [2.24, 2.45) is 18.8 Å². The molecule has 0 radical (unpaired) electrons. The summed E-state index contributed by atoms with van der Waals surface area (Å²) in [7, 11) is 0.464. The van der Waals surface area contributed by atoms with Crippen molar-refractivity contribution in [3.05, 3.63) is 148 Å². The molecule has 0 aliphatic rings. The second-order valence-electron chi connectivity index (χ2n) is 9.67. The highest BCUT2D eigenvalue weighted by Gasteiger charge is 2.28. The van der Waals surface area contributed by atoms with E-state index in [1.54, 1.807) is 7.05 Å². The highest BCUT2D eigenvalue weighted by molar-refractivity contribution is 7.87. The summed E-state index contributed by atoms with van der Waals surface area (Å²) in [5.74, 6) is 0.420. The van der Waals surface area contributed by atoms with Crippen LogP contribution in [0, 0.1) is 0 Å². The van der Waals surface area contributed by atoms with Crippen LogP contribution in [0.25, 0.3) is 11.0 Å². The van der Waals surface area contributed by atoms with Crippen molar-refractivity contribution in [1.82, 2.24) is 14.1 Å². The number of aromatic nitrogens is 3. The Hall–Kier alpha value is -5.00.